The summed E-state index contributed by atoms with van der Waals surface area (Å²) < 4.78 is 7.82. The molecule has 0 saturated heterocycles. The number of carboxylic acid groups (broad SMARTS) is 1. The van der Waals surface area contributed by atoms with Crippen molar-refractivity contribution in [3.63, 3.8) is 0 Å². The largest absolute Gasteiger partial charge is 0.494 e. The van der Waals surface area contributed by atoms with Gasteiger partial charge in [-0.1, -0.05) is 65.7 Å². The van der Waals surface area contributed by atoms with Gasteiger partial charge in [0.05, 0.1) is 22.7 Å². The molecule has 3 aromatic carbocycles. The number of benzene rings is 3. The maximum Gasteiger partial charge on any atom is 0.309 e. The van der Waals surface area contributed by atoms with Gasteiger partial charge in [0.25, 0.3) is 0 Å². The third kappa shape index (κ3) is 6.66. The molecule has 0 atom stereocenters. The quantitative estimate of drug-likeness (QED) is 0.215. The Morgan fingerprint density at radius 3 is 2.26 bits per heavy atom. The number of imidazole rings is 1. The minimum absolute atomic E-state index is 0.351. The lowest BCUT2D eigenvalue weighted by Crippen LogP contribution is -2.25. The Labute approximate surface area is 233 Å². The zero-order chi connectivity index (χ0) is 27.3. The van der Waals surface area contributed by atoms with E-state index in [4.69, 9.17) is 32.9 Å². The zero-order valence-electron chi connectivity index (χ0n) is 21.6. The van der Waals surface area contributed by atoms with E-state index in [-0.39, 0.29) is 0 Å². The SMILES string of the molecule is CCn1cc(-c2ccc(Cl)cc2Cl)nc1/C=C/c1ccc(-c2ccc(OCCC(C)(C)C(=O)O)cc2)cc1. The number of aliphatic carboxylic acids is 1. The molecule has 0 radical (unpaired) electrons. The Hall–Kier alpha value is -3.54. The summed E-state index contributed by atoms with van der Waals surface area (Å²) in [6, 6.07) is 21.6. The van der Waals surface area contributed by atoms with E-state index in [9.17, 15) is 9.90 Å². The molecule has 0 fully saturated rings. The second-order valence-corrected chi connectivity index (χ2v) is 10.5. The summed E-state index contributed by atoms with van der Waals surface area (Å²) >= 11 is 12.4. The molecule has 1 heterocycles. The topological polar surface area (TPSA) is 64.4 Å². The Kier molecular flexibility index (Phi) is 8.60. The molecule has 0 amide bonds. The molecule has 0 bridgehead atoms. The summed E-state index contributed by atoms with van der Waals surface area (Å²) in [4.78, 5) is 16.0. The van der Waals surface area contributed by atoms with Crippen LogP contribution in [0.2, 0.25) is 10.0 Å². The highest BCUT2D eigenvalue weighted by molar-refractivity contribution is 6.36. The van der Waals surface area contributed by atoms with Crippen LogP contribution in [-0.2, 0) is 11.3 Å². The minimum Gasteiger partial charge on any atom is -0.494 e. The second kappa shape index (κ2) is 11.9. The number of aromatic nitrogens is 2. The summed E-state index contributed by atoms with van der Waals surface area (Å²) in [5.41, 5.74) is 4.08. The highest BCUT2D eigenvalue weighted by atomic mass is 35.5. The number of carboxylic acids is 1. The van der Waals surface area contributed by atoms with Crippen LogP contribution in [0, 0.1) is 5.41 Å². The van der Waals surface area contributed by atoms with E-state index in [0.717, 1.165) is 46.1 Å². The van der Waals surface area contributed by atoms with Crippen molar-refractivity contribution < 1.29 is 14.6 Å². The Morgan fingerprint density at radius 1 is 1.00 bits per heavy atom. The van der Waals surface area contributed by atoms with Crippen LogP contribution in [0.5, 0.6) is 5.75 Å². The number of hydrogen-bond donors (Lipinski definition) is 1. The molecule has 0 unspecified atom stereocenters. The summed E-state index contributed by atoms with van der Waals surface area (Å²) in [7, 11) is 0. The van der Waals surface area contributed by atoms with Crippen molar-refractivity contribution in [3.8, 4) is 28.1 Å². The number of nitrogens with zero attached hydrogens (tertiary/aromatic N) is 2. The van der Waals surface area contributed by atoms with Crippen LogP contribution >= 0.6 is 23.2 Å². The molecular formula is C31H30Cl2N2O3. The zero-order valence-corrected chi connectivity index (χ0v) is 23.1. The van der Waals surface area contributed by atoms with E-state index in [1.807, 2.05) is 54.7 Å². The lowest BCUT2D eigenvalue weighted by molar-refractivity contribution is -0.147. The van der Waals surface area contributed by atoms with Gasteiger partial charge in [0.2, 0.25) is 0 Å². The average molecular weight is 549 g/mol. The fourth-order valence-electron chi connectivity index (χ4n) is 3.88. The van der Waals surface area contributed by atoms with E-state index in [0.29, 0.717) is 23.1 Å². The van der Waals surface area contributed by atoms with E-state index in [1.54, 1.807) is 19.9 Å². The molecule has 1 N–H and O–H groups in total. The molecule has 0 aliphatic rings. The first-order valence-electron chi connectivity index (χ1n) is 12.4. The number of rotatable bonds is 10. The van der Waals surface area contributed by atoms with Gasteiger partial charge < -0.3 is 14.4 Å². The predicted molar refractivity (Wildman–Crippen MR) is 156 cm³/mol. The van der Waals surface area contributed by atoms with Crippen molar-refractivity contribution in [1.29, 1.82) is 0 Å². The van der Waals surface area contributed by atoms with Crippen molar-refractivity contribution in [2.45, 2.75) is 33.7 Å². The van der Waals surface area contributed by atoms with Gasteiger partial charge in [-0.2, -0.15) is 0 Å². The van der Waals surface area contributed by atoms with Crippen molar-refractivity contribution in [2.75, 3.05) is 6.61 Å². The molecule has 0 aliphatic carbocycles. The Morgan fingerprint density at radius 2 is 1.66 bits per heavy atom. The van der Waals surface area contributed by atoms with Gasteiger partial charge in [-0.05, 0) is 80.3 Å². The van der Waals surface area contributed by atoms with E-state index >= 15 is 0 Å². The molecule has 0 spiro atoms. The van der Waals surface area contributed by atoms with Crippen LogP contribution < -0.4 is 4.74 Å². The number of hydrogen-bond acceptors (Lipinski definition) is 3. The Balaban J connectivity index is 1.41. The van der Waals surface area contributed by atoms with Gasteiger partial charge >= 0.3 is 5.97 Å². The molecule has 4 rings (SSSR count). The standard InChI is InChI=1S/C31H30Cl2N2O3/c1-4-35-20-28(26-15-12-24(32)19-27(26)33)34-29(35)16-7-21-5-8-22(9-6-21)23-10-13-25(14-11-23)38-18-17-31(2,3)30(36)37/h5-16,19-20H,4,17-18H2,1-3H3,(H,36,37)/b16-7+. The first-order valence-corrected chi connectivity index (χ1v) is 13.2. The fraction of sp³-hybridized carbons (Fsp3) is 0.226. The highest BCUT2D eigenvalue weighted by Crippen LogP contribution is 2.30. The number of halogens is 2. The monoisotopic (exact) mass is 548 g/mol. The number of aryl methyl sites for hydroxylation is 1. The Bertz CT molecular complexity index is 1440. The van der Waals surface area contributed by atoms with Gasteiger partial charge in [0, 0.05) is 23.3 Å². The molecule has 0 saturated carbocycles. The third-order valence-electron chi connectivity index (χ3n) is 6.45. The molecule has 1 aromatic heterocycles. The van der Waals surface area contributed by atoms with E-state index in [2.05, 4.69) is 35.8 Å². The predicted octanol–water partition coefficient (Wildman–Crippen LogP) is 8.59. The van der Waals surface area contributed by atoms with Crippen molar-refractivity contribution >= 4 is 41.3 Å². The van der Waals surface area contributed by atoms with Gasteiger partial charge in [0.1, 0.15) is 11.6 Å². The number of carbonyl (C=O) groups is 1. The molecule has 5 nitrogen and oxygen atoms in total. The van der Waals surface area contributed by atoms with Gasteiger partial charge in [0.15, 0.2) is 0 Å². The smallest absolute Gasteiger partial charge is 0.309 e. The molecule has 38 heavy (non-hydrogen) atoms. The molecule has 7 heteroatoms. The summed E-state index contributed by atoms with van der Waals surface area (Å²) in [5.74, 6) is 0.748. The van der Waals surface area contributed by atoms with Crippen LogP contribution in [0.4, 0.5) is 0 Å². The lowest BCUT2D eigenvalue weighted by Gasteiger charge is -2.18. The average Bonchev–Trinajstić information content (AvgIpc) is 3.31. The maximum atomic E-state index is 11.2. The molecule has 4 aromatic rings. The van der Waals surface area contributed by atoms with Gasteiger partial charge in [-0.25, -0.2) is 4.98 Å². The summed E-state index contributed by atoms with van der Waals surface area (Å²) in [5, 5.41) is 10.4. The fourth-order valence-corrected chi connectivity index (χ4v) is 4.38. The van der Waals surface area contributed by atoms with Crippen LogP contribution in [-0.4, -0.2) is 27.2 Å². The van der Waals surface area contributed by atoms with Gasteiger partial charge in [-0.3, -0.25) is 4.79 Å². The van der Waals surface area contributed by atoms with E-state index < -0.39 is 11.4 Å². The van der Waals surface area contributed by atoms with Crippen molar-refractivity contribution in [1.82, 2.24) is 9.55 Å². The molecule has 196 valence electrons. The summed E-state index contributed by atoms with van der Waals surface area (Å²) in [6.45, 7) is 6.62. The molecule has 0 aliphatic heterocycles. The minimum atomic E-state index is -0.821. The third-order valence-corrected chi connectivity index (χ3v) is 7.00. The normalized spacial score (nSPS) is 11.7. The van der Waals surface area contributed by atoms with Crippen molar-refractivity contribution in [3.05, 3.63) is 94.4 Å². The van der Waals surface area contributed by atoms with Crippen LogP contribution in [0.3, 0.4) is 0 Å². The number of ether oxygens (including phenoxy) is 1. The van der Waals surface area contributed by atoms with Gasteiger partial charge in [-0.15, -0.1) is 0 Å². The van der Waals surface area contributed by atoms with Crippen LogP contribution in [0.25, 0.3) is 34.5 Å². The maximum absolute atomic E-state index is 11.2. The van der Waals surface area contributed by atoms with Crippen molar-refractivity contribution in [2.24, 2.45) is 5.41 Å². The lowest BCUT2D eigenvalue weighted by atomic mass is 9.90. The highest BCUT2D eigenvalue weighted by Gasteiger charge is 2.26. The van der Waals surface area contributed by atoms with Crippen LogP contribution in [0.1, 0.15) is 38.6 Å². The molecular weight excluding hydrogens is 519 g/mol. The van der Waals surface area contributed by atoms with E-state index in [1.165, 1.54) is 0 Å². The first kappa shape index (κ1) is 27.5. The first-order chi connectivity index (χ1) is 18.2. The summed E-state index contributed by atoms with van der Waals surface area (Å²) in [6.07, 6.45) is 6.48. The van der Waals surface area contributed by atoms with Crippen LogP contribution in [0.15, 0.2) is 72.9 Å². The second-order valence-electron chi connectivity index (χ2n) is 9.66.